The van der Waals surface area contributed by atoms with Gasteiger partial charge < -0.3 is 14.8 Å². The first-order chi connectivity index (χ1) is 15.0. The lowest BCUT2D eigenvalue weighted by Crippen LogP contribution is -2.40. The van der Waals surface area contributed by atoms with E-state index in [-0.39, 0.29) is 41.7 Å². The highest BCUT2D eigenvalue weighted by atomic mass is 32.2. The van der Waals surface area contributed by atoms with Crippen LogP contribution in [0.1, 0.15) is 40.4 Å². The zero-order valence-corrected chi connectivity index (χ0v) is 19.8. The Morgan fingerprint density at radius 3 is 2.56 bits per heavy atom. The second-order valence-electron chi connectivity index (χ2n) is 8.80. The zero-order valence-electron chi connectivity index (χ0n) is 19.0. The Balaban J connectivity index is 1.87. The Kier molecular flexibility index (Phi) is 7.16. The smallest absolute Gasteiger partial charge is 0.246 e. The van der Waals surface area contributed by atoms with Gasteiger partial charge in [-0.15, -0.1) is 5.10 Å². The Hall–Kier alpha value is -2.57. The minimum absolute atomic E-state index is 0.0728. The Bertz CT molecular complexity index is 1050. The highest BCUT2D eigenvalue weighted by Gasteiger charge is 2.28. The van der Waals surface area contributed by atoms with Gasteiger partial charge in [-0.2, -0.15) is 4.31 Å². The van der Waals surface area contributed by atoms with E-state index in [0.29, 0.717) is 24.8 Å². The van der Waals surface area contributed by atoms with Gasteiger partial charge in [-0.3, -0.25) is 4.79 Å². The fourth-order valence-corrected chi connectivity index (χ4v) is 4.67. The SMILES string of the molecule is CC(C)Oc1ccc(S(=O)(=O)N2CCOCC2)cc1NC(=O)Cn1nnnc1C(C)(C)C. The van der Waals surface area contributed by atoms with Crippen LogP contribution in [0.25, 0.3) is 0 Å². The van der Waals surface area contributed by atoms with Crippen molar-refractivity contribution in [1.29, 1.82) is 0 Å². The van der Waals surface area contributed by atoms with Crippen LogP contribution in [0.2, 0.25) is 0 Å². The van der Waals surface area contributed by atoms with Gasteiger partial charge in [0.2, 0.25) is 15.9 Å². The van der Waals surface area contributed by atoms with Gasteiger partial charge in [0.1, 0.15) is 12.3 Å². The molecule has 176 valence electrons. The number of tetrazole rings is 1. The topological polar surface area (TPSA) is 129 Å². The first-order valence-electron chi connectivity index (χ1n) is 10.4. The molecular weight excluding hydrogens is 436 g/mol. The third-order valence-electron chi connectivity index (χ3n) is 4.69. The van der Waals surface area contributed by atoms with Crippen molar-refractivity contribution in [2.75, 3.05) is 31.6 Å². The van der Waals surface area contributed by atoms with Crippen LogP contribution in [0, 0.1) is 0 Å². The third-order valence-corrected chi connectivity index (χ3v) is 6.59. The number of hydrogen-bond donors (Lipinski definition) is 1. The van der Waals surface area contributed by atoms with Crippen LogP contribution in [0.3, 0.4) is 0 Å². The number of sulfonamides is 1. The van der Waals surface area contributed by atoms with E-state index in [9.17, 15) is 13.2 Å². The van der Waals surface area contributed by atoms with Gasteiger partial charge in [-0.05, 0) is 42.5 Å². The van der Waals surface area contributed by atoms with E-state index < -0.39 is 15.9 Å². The number of anilines is 1. The van der Waals surface area contributed by atoms with Crippen molar-refractivity contribution >= 4 is 21.6 Å². The van der Waals surface area contributed by atoms with Gasteiger partial charge >= 0.3 is 0 Å². The molecule has 12 heteroatoms. The van der Waals surface area contributed by atoms with E-state index in [0.717, 1.165) is 0 Å². The maximum Gasteiger partial charge on any atom is 0.246 e. The number of nitrogens with zero attached hydrogens (tertiary/aromatic N) is 5. The second-order valence-corrected chi connectivity index (χ2v) is 10.7. The predicted molar refractivity (Wildman–Crippen MR) is 117 cm³/mol. The molecule has 1 aromatic heterocycles. The molecule has 1 saturated heterocycles. The van der Waals surface area contributed by atoms with Gasteiger partial charge in [0.05, 0.1) is 29.9 Å². The number of carbonyl (C=O) groups excluding carboxylic acids is 1. The number of rotatable bonds is 7. The molecule has 0 radical (unpaired) electrons. The maximum atomic E-state index is 13.1. The quantitative estimate of drug-likeness (QED) is 0.649. The van der Waals surface area contributed by atoms with Crippen molar-refractivity contribution < 1.29 is 22.7 Å². The molecule has 1 N–H and O–H groups in total. The molecule has 32 heavy (non-hydrogen) atoms. The maximum absolute atomic E-state index is 13.1. The lowest BCUT2D eigenvalue weighted by molar-refractivity contribution is -0.117. The van der Waals surface area contributed by atoms with Crippen molar-refractivity contribution in [2.45, 2.75) is 57.6 Å². The molecular formula is C20H30N6O5S. The van der Waals surface area contributed by atoms with E-state index in [2.05, 4.69) is 20.8 Å². The van der Waals surface area contributed by atoms with Crippen molar-refractivity contribution in [3.63, 3.8) is 0 Å². The number of benzene rings is 1. The summed E-state index contributed by atoms with van der Waals surface area (Å²) in [7, 11) is -3.73. The largest absolute Gasteiger partial charge is 0.489 e. The van der Waals surface area contributed by atoms with E-state index in [1.807, 2.05) is 34.6 Å². The minimum Gasteiger partial charge on any atom is -0.489 e. The number of nitrogens with one attached hydrogen (secondary N) is 1. The zero-order chi connectivity index (χ0) is 23.5. The molecule has 1 amide bonds. The fourth-order valence-electron chi connectivity index (χ4n) is 3.23. The summed E-state index contributed by atoms with van der Waals surface area (Å²) in [4.78, 5) is 12.9. The van der Waals surface area contributed by atoms with Crippen molar-refractivity contribution in [3.05, 3.63) is 24.0 Å². The molecule has 0 saturated carbocycles. The molecule has 2 heterocycles. The molecule has 0 spiro atoms. The van der Waals surface area contributed by atoms with E-state index in [1.54, 1.807) is 6.07 Å². The van der Waals surface area contributed by atoms with Gasteiger partial charge in [0.15, 0.2) is 5.82 Å². The number of amides is 1. The van der Waals surface area contributed by atoms with Crippen molar-refractivity contribution in [3.8, 4) is 5.75 Å². The van der Waals surface area contributed by atoms with E-state index in [4.69, 9.17) is 9.47 Å². The average Bonchev–Trinajstić information content (AvgIpc) is 3.18. The minimum atomic E-state index is -3.73. The second kappa shape index (κ2) is 9.51. The summed E-state index contributed by atoms with van der Waals surface area (Å²) in [6, 6.07) is 4.46. The van der Waals surface area contributed by atoms with Crippen LogP contribution in [0.15, 0.2) is 23.1 Å². The van der Waals surface area contributed by atoms with Crippen LogP contribution in [-0.4, -0.2) is 71.2 Å². The summed E-state index contributed by atoms with van der Waals surface area (Å²) >= 11 is 0. The summed E-state index contributed by atoms with van der Waals surface area (Å²) in [5.74, 6) is 0.536. The highest BCUT2D eigenvalue weighted by Crippen LogP contribution is 2.30. The van der Waals surface area contributed by atoms with Crippen LogP contribution < -0.4 is 10.1 Å². The van der Waals surface area contributed by atoms with Gasteiger partial charge in [-0.1, -0.05) is 20.8 Å². The van der Waals surface area contributed by atoms with Crippen LogP contribution in [0.4, 0.5) is 5.69 Å². The molecule has 0 aliphatic carbocycles. The molecule has 2 aromatic rings. The molecule has 1 aliphatic rings. The number of hydrogen-bond acceptors (Lipinski definition) is 8. The highest BCUT2D eigenvalue weighted by molar-refractivity contribution is 7.89. The van der Waals surface area contributed by atoms with Crippen LogP contribution in [-0.2, 0) is 31.5 Å². The Labute approximate surface area is 188 Å². The molecule has 3 rings (SSSR count). The lowest BCUT2D eigenvalue weighted by atomic mass is 9.96. The van der Waals surface area contributed by atoms with E-state index >= 15 is 0 Å². The Morgan fingerprint density at radius 2 is 1.94 bits per heavy atom. The summed E-state index contributed by atoms with van der Waals surface area (Å²) in [5, 5.41) is 14.3. The monoisotopic (exact) mass is 466 g/mol. The first-order valence-corrected chi connectivity index (χ1v) is 11.9. The van der Waals surface area contributed by atoms with Gasteiger partial charge in [0.25, 0.3) is 0 Å². The number of ether oxygens (including phenoxy) is 2. The van der Waals surface area contributed by atoms with Crippen LogP contribution in [0.5, 0.6) is 5.75 Å². The predicted octanol–water partition coefficient (Wildman–Crippen LogP) is 1.42. The van der Waals surface area contributed by atoms with Crippen LogP contribution >= 0.6 is 0 Å². The third kappa shape index (κ3) is 5.61. The van der Waals surface area contributed by atoms with Gasteiger partial charge in [-0.25, -0.2) is 13.1 Å². The van der Waals surface area contributed by atoms with E-state index in [1.165, 1.54) is 21.1 Å². The Morgan fingerprint density at radius 1 is 1.25 bits per heavy atom. The normalized spacial score (nSPS) is 15.7. The number of aromatic nitrogens is 4. The summed E-state index contributed by atoms with van der Waals surface area (Å²) in [5.41, 5.74) is -0.0783. The number of carbonyl (C=O) groups is 1. The fraction of sp³-hybridized carbons (Fsp3) is 0.600. The molecule has 1 aliphatic heterocycles. The van der Waals surface area contributed by atoms with Crippen molar-refractivity contribution in [2.24, 2.45) is 0 Å². The number of morpholine rings is 1. The standard InChI is InChI=1S/C20H30N6O5S/c1-14(2)31-17-7-6-15(32(28,29)25-8-10-30-11-9-25)12-16(17)21-18(27)13-26-19(20(3,4)5)22-23-24-26/h6-7,12,14H,8-11,13H2,1-5H3,(H,21,27). The van der Waals surface area contributed by atoms with Gasteiger partial charge in [0, 0.05) is 18.5 Å². The molecule has 0 atom stereocenters. The summed E-state index contributed by atoms with van der Waals surface area (Å²) < 4.78 is 39.9. The lowest BCUT2D eigenvalue weighted by Gasteiger charge is -2.26. The molecule has 0 unspecified atom stereocenters. The average molecular weight is 467 g/mol. The molecule has 0 bridgehead atoms. The molecule has 1 fully saturated rings. The molecule has 1 aromatic carbocycles. The van der Waals surface area contributed by atoms with Crippen molar-refractivity contribution in [1.82, 2.24) is 24.5 Å². The first kappa shape index (κ1) is 24.1. The summed E-state index contributed by atoms with van der Waals surface area (Å²) in [6.07, 6.45) is -0.167. The summed E-state index contributed by atoms with van der Waals surface area (Å²) in [6.45, 7) is 10.7. The molecule has 11 nitrogen and oxygen atoms in total.